The molecule has 0 aromatic heterocycles. The summed E-state index contributed by atoms with van der Waals surface area (Å²) in [7, 11) is 4.50. The van der Waals surface area contributed by atoms with Gasteiger partial charge in [0.2, 0.25) is 6.71 Å². The molecule has 0 N–H and O–H groups in total. The van der Waals surface area contributed by atoms with E-state index in [1.54, 1.807) is 0 Å². The molecule has 6 aromatic rings. The molecule has 0 saturated heterocycles. The third-order valence-corrected chi connectivity index (χ3v) is 6.60. The van der Waals surface area contributed by atoms with Crippen molar-refractivity contribution >= 4 is 52.5 Å². The molecular weight excluding hydrogens is 624 g/mol. The number of hydrogen-bond donors (Lipinski definition) is 0. The van der Waals surface area contributed by atoms with Gasteiger partial charge in [-0.3, -0.25) is 0 Å². The first-order valence-electron chi connectivity index (χ1n) is 12.1. The smallest absolute Gasteiger partial charge is 0.0999 e. The van der Waals surface area contributed by atoms with Crippen LogP contribution < -0.4 is 16.4 Å². The first kappa shape index (κ1) is 28.8. The summed E-state index contributed by atoms with van der Waals surface area (Å²) < 4.78 is 0. The second-order valence-corrected chi connectivity index (χ2v) is 8.53. The minimum atomic E-state index is 0. The summed E-state index contributed by atoms with van der Waals surface area (Å²) >= 11 is 0. The van der Waals surface area contributed by atoms with Gasteiger partial charge in [-0.15, -0.1) is 0 Å². The maximum absolute atomic E-state index is 4.50. The molecule has 0 amide bonds. The summed E-state index contributed by atoms with van der Waals surface area (Å²) in [5.74, 6) is 0. The van der Waals surface area contributed by atoms with Gasteiger partial charge in [0.05, 0.1) is 7.85 Å². The zero-order chi connectivity index (χ0) is 24.0. The molecule has 0 unspecified atom stereocenters. The number of hydrogen-bond acceptors (Lipinski definition) is 0. The van der Waals surface area contributed by atoms with Gasteiger partial charge in [-0.2, -0.15) is 0 Å². The fraction of sp³-hybridized carbons (Fsp3) is 0.0303. The molecule has 4 radical (unpaired) electrons. The van der Waals surface area contributed by atoms with Crippen molar-refractivity contribution in [2.75, 3.05) is 0 Å². The molecule has 6 rings (SSSR count). The van der Waals surface area contributed by atoms with Crippen molar-refractivity contribution in [3.05, 3.63) is 140 Å². The molecule has 0 nitrogen and oxygen atoms in total. The molecule has 0 bridgehead atoms. The van der Waals surface area contributed by atoms with Crippen LogP contribution >= 0.6 is 0 Å². The maximum atomic E-state index is 4.50. The van der Waals surface area contributed by atoms with E-state index >= 15 is 0 Å². The van der Waals surface area contributed by atoms with Crippen LogP contribution in [0, 0.1) is 0 Å². The fourth-order valence-electron chi connectivity index (χ4n) is 5.12. The summed E-state index contributed by atoms with van der Waals surface area (Å²) in [5, 5.41) is 5.12. The first-order valence-corrected chi connectivity index (χ1v) is 12.1. The van der Waals surface area contributed by atoms with E-state index in [1.807, 2.05) is 0 Å². The van der Waals surface area contributed by atoms with E-state index in [1.165, 1.54) is 55.9 Å². The van der Waals surface area contributed by atoms with Gasteiger partial charge in [0.25, 0.3) is 0 Å². The van der Waals surface area contributed by atoms with Crippen molar-refractivity contribution in [1.82, 2.24) is 0 Å². The quantitative estimate of drug-likeness (QED) is 0.195. The topological polar surface area (TPSA) is 0 Å². The van der Waals surface area contributed by atoms with Gasteiger partial charge in [-0.05, 0) is 32.7 Å². The van der Waals surface area contributed by atoms with Crippen LogP contribution in [0.1, 0.15) is 0 Å². The molecule has 0 fully saturated rings. The number of fused-ring (bicyclic) bond motifs is 2. The second kappa shape index (κ2) is 13.7. The van der Waals surface area contributed by atoms with Crippen LogP contribution in [0.15, 0.2) is 140 Å². The van der Waals surface area contributed by atoms with Crippen LogP contribution in [0.4, 0.5) is 0 Å². The van der Waals surface area contributed by atoms with Gasteiger partial charge >= 0.3 is 0 Å². The SMILES string of the molecule is [B]C.[Rh].[Rh].c1ccc(B(c2ccccc2)c2ccc3ccccc3c2-c2cccc3ccccc23)cc1. The Balaban J connectivity index is 0.000000929. The number of benzene rings is 6. The van der Waals surface area contributed by atoms with Gasteiger partial charge in [0, 0.05) is 39.0 Å². The van der Waals surface area contributed by atoms with Crippen LogP contribution in [0.3, 0.4) is 0 Å². The van der Waals surface area contributed by atoms with Gasteiger partial charge in [0.15, 0.2) is 0 Å². The van der Waals surface area contributed by atoms with Crippen LogP contribution in [0.25, 0.3) is 32.7 Å². The van der Waals surface area contributed by atoms with Gasteiger partial charge in [-0.25, -0.2) is 0 Å². The summed E-state index contributed by atoms with van der Waals surface area (Å²) in [6, 6.07) is 50.5. The zero-order valence-corrected chi connectivity index (χ0v) is 23.9. The van der Waals surface area contributed by atoms with Crippen molar-refractivity contribution in [3.63, 3.8) is 0 Å². The second-order valence-electron chi connectivity index (χ2n) is 8.53. The van der Waals surface area contributed by atoms with Crippen LogP contribution in [0.2, 0.25) is 6.82 Å². The average Bonchev–Trinajstić information content (AvgIpc) is 2.95. The van der Waals surface area contributed by atoms with Crippen molar-refractivity contribution < 1.29 is 39.0 Å². The molecule has 0 heterocycles. The van der Waals surface area contributed by atoms with E-state index < -0.39 is 0 Å². The van der Waals surface area contributed by atoms with Gasteiger partial charge in [0.1, 0.15) is 0 Å². The third-order valence-electron chi connectivity index (χ3n) is 6.60. The summed E-state index contributed by atoms with van der Waals surface area (Å²) in [5.41, 5.74) is 6.56. The minimum absolute atomic E-state index is 0. The van der Waals surface area contributed by atoms with Gasteiger partial charge in [-0.1, -0.05) is 163 Å². The predicted molar refractivity (Wildman–Crippen MR) is 156 cm³/mol. The molecule has 37 heavy (non-hydrogen) atoms. The van der Waals surface area contributed by atoms with Crippen LogP contribution in [-0.4, -0.2) is 14.6 Å². The van der Waals surface area contributed by atoms with Crippen LogP contribution in [0.5, 0.6) is 0 Å². The Labute approximate surface area is 247 Å². The van der Waals surface area contributed by atoms with E-state index in [2.05, 4.69) is 147 Å². The number of rotatable bonds is 4. The maximum Gasteiger partial charge on any atom is 0.242 e. The van der Waals surface area contributed by atoms with Crippen molar-refractivity contribution in [2.45, 2.75) is 6.82 Å². The standard InChI is InChI=1S/C32H23B.CH3B.2Rh/c1-3-15-26(16-4-1)33(27-17-5-2-6-18-27)31-23-22-25-13-8-10-20-29(25)32(31)30-21-11-14-24-12-7-9-19-28(24)30;1-2;;/h1-23H;1H3;;. The third kappa shape index (κ3) is 5.88. The Hall–Kier alpha value is -2.78. The molecule has 0 spiro atoms. The largest absolute Gasteiger partial charge is 0.242 e. The molecule has 0 aliphatic rings. The molecule has 0 aliphatic heterocycles. The van der Waals surface area contributed by atoms with E-state index in [9.17, 15) is 0 Å². The molecule has 182 valence electrons. The monoisotopic (exact) mass is 650 g/mol. The Morgan fingerprint density at radius 1 is 0.432 bits per heavy atom. The molecule has 4 heteroatoms. The Morgan fingerprint density at radius 2 is 0.892 bits per heavy atom. The van der Waals surface area contributed by atoms with E-state index in [0.29, 0.717) is 0 Å². The van der Waals surface area contributed by atoms with E-state index in [0.717, 1.165) is 0 Å². The molecule has 0 saturated carbocycles. The van der Waals surface area contributed by atoms with Crippen molar-refractivity contribution in [2.24, 2.45) is 0 Å². The molecule has 0 aliphatic carbocycles. The Bertz CT molecular complexity index is 1520. The van der Waals surface area contributed by atoms with Gasteiger partial charge < -0.3 is 0 Å². The van der Waals surface area contributed by atoms with Crippen molar-refractivity contribution in [1.29, 1.82) is 0 Å². The zero-order valence-electron chi connectivity index (χ0n) is 20.6. The van der Waals surface area contributed by atoms with E-state index in [4.69, 9.17) is 0 Å². The minimum Gasteiger partial charge on any atom is -0.0999 e. The fourth-order valence-corrected chi connectivity index (χ4v) is 5.12. The first-order chi connectivity index (χ1) is 17.4. The Morgan fingerprint density at radius 3 is 1.49 bits per heavy atom. The summed E-state index contributed by atoms with van der Waals surface area (Å²) in [6.45, 7) is 1.64. The molecule has 0 atom stereocenters. The van der Waals surface area contributed by atoms with Crippen molar-refractivity contribution in [3.8, 4) is 11.1 Å². The molecule has 6 aromatic carbocycles. The Kier molecular flexibility index (Phi) is 10.6. The summed E-state index contributed by atoms with van der Waals surface area (Å²) in [6.07, 6.45) is 0. The molecular formula is C33H26B2Rh2. The van der Waals surface area contributed by atoms with Crippen LogP contribution in [-0.2, 0) is 39.0 Å². The van der Waals surface area contributed by atoms with E-state index in [-0.39, 0.29) is 45.7 Å². The average molecular weight is 650 g/mol. The summed E-state index contributed by atoms with van der Waals surface area (Å²) in [4.78, 5) is 0. The predicted octanol–water partition coefficient (Wildman–Crippen LogP) is 6.37. The normalized spacial score (nSPS) is 9.97.